The Hall–Kier alpha value is -0.980. The van der Waals surface area contributed by atoms with Crippen LogP contribution < -0.4 is 0 Å². The molecule has 22 heavy (non-hydrogen) atoms. The lowest BCUT2D eigenvalue weighted by atomic mass is 9.83. The molecule has 1 aliphatic rings. The van der Waals surface area contributed by atoms with Gasteiger partial charge in [0.1, 0.15) is 5.75 Å². The van der Waals surface area contributed by atoms with Gasteiger partial charge in [0.2, 0.25) is 0 Å². The maximum absolute atomic E-state index is 10.3. The first kappa shape index (κ1) is 17.4. The van der Waals surface area contributed by atoms with Crippen LogP contribution in [0.1, 0.15) is 101 Å². The molecule has 1 saturated carbocycles. The molecule has 1 nitrogen and oxygen atoms in total. The standard InChI is InChI=1S/C21H34O/c1-2-3-4-5-6-7-9-12-18-15-16-20(21(22)17-18)19-13-10-8-11-14-19/h15-17,19,22H,2-14H2,1H3. The summed E-state index contributed by atoms with van der Waals surface area (Å²) in [5.41, 5.74) is 2.51. The second-order valence-electron chi connectivity index (χ2n) is 7.10. The van der Waals surface area contributed by atoms with Crippen LogP contribution in [0.15, 0.2) is 18.2 Å². The Labute approximate surface area is 137 Å². The van der Waals surface area contributed by atoms with Crippen LogP contribution in [0.4, 0.5) is 0 Å². The Balaban J connectivity index is 1.72. The molecule has 1 aliphatic carbocycles. The number of rotatable bonds is 9. The molecule has 124 valence electrons. The number of unbranched alkanes of at least 4 members (excludes halogenated alkanes) is 6. The van der Waals surface area contributed by atoms with E-state index in [1.54, 1.807) is 0 Å². The third-order valence-electron chi connectivity index (χ3n) is 5.21. The van der Waals surface area contributed by atoms with Gasteiger partial charge in [-0.1, -0.05) is 76.8 Å². The Morgan fingerprint density at radius 2 is 1.59 bits per heavy atom. The number of phenols is 1. The van der Waals surface area contributed by atoms with Crippen LogP contribution >= 0.6 is 0 Å². The maximum atomic E-state index is 10.3. The number of hydrogen-bond donors (Lipinski definition) is 1. The largest absolute Gasteiger partial charge is 0.508 e. The van der Waals surface area contributed by atoms with Crippen LogP contribution in [0.5, 0.6) is 5.75 Å². The maximum Gasteiger partial charge on any atom is 0.119 e. The quantitative estimate of drug-likeness (QED) is 0.501. The Morgan fingerprint density at radius 1 is 0.909 bits per heavy atom. The summed E-state index contributed by atoms with van der Waals surface area (Å²) in [6.45, 7) is 2.27. The van der Waals surface area contributed by atoms with Crippen LogP contribution in [0.2, 0.25) is 0 Å². The highest BCUT2D eigenvalue weighted by Crippen LogP contribution is 2.37. The second-order valence-corrected chi connectivity index (χ2v) is 7.10. The van der Waals surface area contributed by atoms with Gasteiger partial charge in [-0.3, -0.25) is 0 Å². The van der Waals surface area contributed by atoms with Crippen molar-refractivity contribution in [3.8, 4) is 5.75 Å². The number of aryl methyl sites for hydroxylation is 1. The number of aromatic hydroxyl groups is 1. The average molecular weight is 303 g/mol. The van der Waals surface area contributed by atoms with Crippen molar-refractivity contribution in [2.75, 3.05) is 0 Å². The monoisotopic (exact) mass is 302 g/mol. The second kappa shape index (κ2) is 9.92. The smallest absolute Gasteiger partial charge is 0.119 e. The van der Waals surface area contributed by atoms with Crippen molar-refractivity contribution in [1.29, 1.82) is 0 Å². The van der Waals surface area contributed by atoms with Gasteiger partial charge >= 0.3 is 0 Å². The lowest BCUT2D eigenvalue weighted by Gasteiger charge is -2.23. The third-order valence-corrected chi connectivity index (χ3v) is 5.21. The van der Waals surface area contributed by atoms with E-state index in [1.807, 2.05) is 6.07 Å². The normalized spacial score (nSPS) is 16.0. The van der Waals surface area contributed by atoms with E-state index < -0.39 is 0 Å². The SMILES string of the molecule is CCCCCCCCCc1ccc(C2CCCCC2)c(O)c1. The highest BCUT2D eigenvalue weighted by Gasteiger charge is 2.18. The molecule has 0 heterocycles. The van der Waals surface area contributed by atoms with Crippen molar-refractivity contribution in [3.63, 3.8) is 0 Å². The molecule has 1 fully saturated rings. The zero-order valence-corrected chi connectivity index (χ0v) is 14.4. The van der Waals surface area contributed by atoms with Crippen LogP contribution in [0.3, 0.4) is 0 Å². The zero-order valence-electron chi connectivity index (χ0n) is 14.4. The molecule has 1 heteroatoms. The van der Waals surface area contributed by atoms with Gasteiger partial charge in [0.05, 0.1) is 0 Å². The summed E-state index contributed by atoms with van der Waals surface area (Å²) in [5, 5.41) is 10.3. The molecule has 0 radical (unpaired) electrons. The topological polar surface area (TPSA) is 20.2 Å². The van der Waals surface area contributed by atoms with Gasteiger partial charge in [0.25, 0.3) is 0 Å². The molecule has 1 N–H and O–H groups in total. The summed E-state index contributed by atoms with van der Waals surface area (Å²) in [6.07, 6.45) is 17.1. The Kier molecular flexibility index (Phi) is 7.83. The van der Waals surface area contributed by atoms with E-state index in [0.717, 1.165) is 6.42 Å². The minimum atomic E-state index is 0.548. The summed E-state index contributed by atoms with van der Waals surface area (Å²) in [7, 11) is 0. The molecule has 0 aromatic heterocycles. The van der Waals surface area contributed by atoms with E-state index in [4.69, 9.17) is 0 Å². The summed E-state index contributed by atoms with van der Waals surface area (Å²) in [4.78, 5) is 0. The van der Waals surface area contributed by atoms with Crippen LogP contribution in [0, 0.1) is 0 Å². The molecule has 0 bridgehead atoms. The molecule has 0 saturated heterocycles. The molecule has 1 aromatic rings. The fourth-order valence-electron chi connectivity index (χ4n) is 3.79. The first-order valence-electron chi connectivity index (χ1n) is 9.63. The first-order valence-corrected chi connectivity index (χ1v) is 9.63. The average Bonchev–Trinajstić information content (AvgIpc) is 2.55. The summed E-state index contributed by atoms with van der Waals surface area (Å²) in [6, 6.07) is 6.48. The van der Waals surface area contributed by atoms with Crippen molar-refractivity contribution >= 4 is 0 Å². The van der Waals surface area contributed by atoms with Crippen molar-refractivity contribution < 1.29 is 5.11 Å². The molecular formula is C21H34O. The van der Waals surface area contributed by atoms with E-state index >= 15 is 0 Å². The minimum Gasteiger partial charge on any atom is -0.508 e. The van der Waals surface area contributed by atoms with Crippen LogP contribution in [0.25, 0.3) is 0 Å². The van der Waals surface area contributed by atoms with Gasteiger partial charge in [-0.2, -0.15) is 0 Å². The van der Waals surface area contributed by atoms with Crippen LogP contribution in [-0.2, 0) is 6.42 Å². The van der Waals surface area contributed by atoms with Gasteiger partial charge in [-0.15, -0.1) is 0 Å². The molecule has 0 atom stereocenters. The van der Waals surface area contributed by atoms with Crippen molar-refractivity contribution in [2.45, 2.75) is 96.3 Å². The van der Waals surface area contributed by atoms with Gasteiger partial charge in [-0.05, 0) is 48.8 Å². The molecule has 0 unspecified atom stereocenters. The van der Waals surface area contributed by atoms with E-state index in [0.29, 0.717) is 11.7 Å². The van der Waals surface area contributed by atoms with E-state index in [-0.39, 0.29) is 0 Å². The molecule has 1 aromatic carbocycles. The predicted molar refractivity (Wildman–Crippen MR) is 95.6 cm³/mol. The van der Waals surface area contributed by atoms with Gasteiger partial charge in [0, 0.05) is 0 Å². The molecule has 0 aliphatic heterocycles. The molecule has 0 spiro atoms. The van der Waals surface area contributed by atoms with E-state index in [1.165, 1.54) is 88.2 Å². The van der Waals surface area contributed by atoms with E-state index in [2.05, 4.69) is 19.1 Å². The van der Waals surface area contributed by atoms with Gasteiger partial charge < -0.3 is 5.11 Å². The summed E-state index contributed by atoms with van der Waals surface area (Å²) < 4.78 is 0. The number of hydrogen-bond acceptors (Lipinski definition) is 1. The highest BCUT2D eigenvalue weighted by atomic mass is 16.3. The summed E-state index contributed by atoms with van der Waals surface area (Å²) >= 11 is 0. The molecular weight excluding hydrogens is 268 g/mol. The Morgan fingerprint density at radius 3 is 2.27 bits per heavy atom. The zero-order chi connectivity index (χ0) is 15.6. The fraction of sp³-hybridized carbons (Fsp3) is 0.714. The van der Waals surface area contributed by atoms with Crippen LogP contribution in [-0.4, -0.2) is 5.11 Å². The minimum absolute atomic E-state index is 0.548. The third kappa shape index (κ3) is 5.66. The number of benzene rings is 1. The summed E-state index contributed by atoms with van der Waals surface area (Å²) in [5.74, 6) is 1.15. The lowest BCUT2D eigenvalue weighted by molar-refractivity contribution is 0.414. The Bertz CT molecular complexity index is 418. The van der Waals surface area contributed by atoms with Gasteiger partial charge in [0.15, 0.2) is 0 Å². The van der Waals surface area contributed by atoms with Gasteiger partial charge in [-0.25, -0.2) is 0 Å². The van der Waals surface area contributed by atoms with Crippen molar-refractivity contribution in [1.82, 2.24) is 0 Å². The highest BCUT2D eigenvalue weighted by molar-refractivity contribution is 5.39. The molecule has 2 rings (SSSR count). The molecule has 0 amide bonds. The van der Waals surface area contributed by atoms with E-state index in [9.17, 15) is 5.11 Å². The number of phenolic OH excluding ortho intramolecular Hbond substituents is 1. The van der Waals surface area contributed by atoms with Crippen molar-refractivity contribution in [3.05, 3.63) is 29.3 Å². The predicted octanol–water partition coefficient (Wildman–Crippen LogP) is 6.73. The first-order chi connectivity index (χ1) is 10.8. The fourth-order valence-corrected chi connectivity index (χ4v) is 3.79. The lowest BCUT2D eigenvalue weighted by Crippen LogP contribution is -2.05. The van der Waals surface area contributed by atoms with Crippen molar-refractivity contribution in [2.24, 2.45) is 0 Å².